The maximum Gasteiger partial charge on any atom is 0.267 e. The highest BCUT2D eigenvalue weighted by molar-refractivity contribution is 7.91. The van der Waals surface area contributed by atoms with Gasteiger partial charge in [0.2, 0.25) is 6.10 Å². The van der Waals surface area contributed by atoms with Gasteiger partial charge >= 0.3 is 0 Å². The summed E-state index contributed by atoms with van der Waals surface area (Å²) in [6.45, 7) is 2.50. The average molecular weight is 432 g/mol. The van der Waals surface area contributed by atoms with Crippen molar-refractivity contribution in [2.45, 2.75) is 44.4 Å². The predicted octanol–water partition coefficient (Wildman–Crippen LogP) is 2.76. The van der Waals surface area contributed by atoms with Gasteiger partial charge in [0.1, 0.15) is 18.1 Å². The Kier molecular flexibility index (Phi) is 4.76. The molecule has 5 rings (SSSR count). The second kappa shape index (κ2) is 7.34. The summed E-state index contributed by atoms with van der Waals surface area (Å²) < 4.78 is 41.8. The van der Waals surface area contributed by atoms with Gasteiger partial charge in [0.15, 0.2) is 21.3 Å². The summed E-state index contributed by atoms with van der Waals surface area (Å²) in [6, 6.07) is 10.7. The third-order valence-corrected chi connectivity index (χ3v) is 7.95. The van der Waals surface area contributed by atoms with E-state index in [2.05, 4.69) is 6.92 Å². The quantitative estimate of drug-likeness (QED) is 0.724. The molecule has 7 nitrogen and oxygen atoms in total. The van der Waals surface area contributed by atoms with Crippen molar-refractivity contribution in [2.24, 2.45) is 5.92 Å². The molecular formula is C22H25NO6S. The van der Waals surface area contributed by atoms with E-state index >= 15 is 0 Å². The van der Waals surface area contributed by atoms with Crippen LogP contribution >= 0.6 is 0 Å². The number of amides is 1. The van der Waals surface area contributed by atoms with E-state index in [-0.39, 0.29) is 30.6 Å². The fourth-order valence-electron chi connectivity index (χ4n) is 4.30. The van der Waals surface area contributed by atoms with E-state index < -0.39 is 22.0 Å². The van der Waals surface area contributed by atoms with Gasteiger partial charge < -0.3 is 18.8 Å². The number of hydrogen-bond donors (Lipinski definition) is 0. The van der Waals surface area contributed by atoms with Gasteiger partial charge in [-0.25, -0.2) is 8.42 Å². The Bertz CT molecular complexity index is 1060. The lowest BCUT2D eigenvalue weighted by molar-refractivity contribution is -0.144. The Morgan fingerprint density at radius 3 is 2.63 bits per heavy atom. The number of furan rings is 1. The minimum Gasteiger partial charge on any atom is -0.485 e. The number of ether oxygens (including phenoxy) is 2. The first kappa shape index (κ1) is 19.5. The molecule has 1 aromatic carbocycles. The van der Waals surface area contributed by atoms with Crippen LogP contribution in [0.25, 0.3) is 0 Å². The standard InChI is InChI=1S/C22H25NO6S/c1-14-10-17(14)18-7-6-16(28-18)11-23(15-8-9-30(25,26)13-15)22(24)21-12-27-19-4-2-3-5-20(19)29-21/h2-7,14-15,17,21H,8-13H2,1H3. The van der Waals surface area contributed by atoms with E-state index in [1.54, 1.807) is 17.0 Å². The fraction of sp³-hybridized carbons (Fsp3) is 0.500. The molecule has 4 unspecified atom stereocenters. The average Bonchev–Trinajstić information content (AvgIpc) is 3.12. The Labute approximate surface area is 175 Å². The third kappa shape index (κ3) is 3.80. The minimum absolute atomic E-state index is 0.0316. The topological polar surface area (TPSA) is 86.0 Å². The van der Waals surface area contributed by atoms with Crippen molar-refractivity contribution in [1.29, 1.82) is 0 Å². The second-order valence-corrected chi connectivity index (χ2v) is 10.7. The molecule has 0 spiro atoms. The van der Waals surface area contributed by atoms with Crippen LogP contribution in [0, 0.1) is 5.92 Å². The fourth-order valence-corrected chi connectivity index (χ4v) is 6.03. The molecule has 0 N–H and O–H groups in total. The highest BCUT2D eigenvalue weighted by atomic mass is 32.2. The van der Waals surface area contributed by atoms with Crippen LogP contribution in [-0.2, 0) is 21.2 Å². The van der Waals surface area contributed by atoms with Crippen molar-refractivity contribution in [3.05, 3.63) is 47.9 Å². The number of rotatable bonds is 5. The first-order chi connectivity index (χ1) is 14.4. The first-order valence-electron chi connectivity index (χ1n) is 10.4. The van der Waals surface area contributed by atoms with Crippen molar-refractivity contribution in [1.82, 2.24) is 4.90 Å². The zero-order valence-corrected chi connectivity index (χ0v) is 17.6. The van der Waals surface area contributed by atoms with Gasteiger partial charge in [-0.3, -0.25) is 4.79 Å². The van der Waals surface area contributed by atoms with E-state index in [4.69, 9.17) is 13.9 Å². The van der Waals surface area contributed by atoms with Crippen LogP contribution in [-0.4, -0.2) is 49.5 Å². The number of carbonyl (C=O) groups excluding carboxylic acids is 1. The molecule has 3 heterocycles. The van der Waals surface area contributed by atoms with Gasteiger partial charge in [-0.2, -0.15) is 0 Å². The SMILES string of the molecule is CC1CC1c1ccc(CN(C(=O)C2COc3ccccc3O2)C2CCS(=O)(=O)C2)o1. The van der Waals surface area contributed by atoms with Gasteiger partial charge in [-0.1, -0.05) is 19.1 Å². The van der Waals surface area contributed by atoms with E-state index in [9.17, 15) is 13.2 Å². The molecule has 1 aromatic heterocycles. The van der Waals surface area contributed by atoms with Crippen LogP contribution in [0.1, 0.15) is 37.2 Å². The number of para-hydroxylation sites is 2. The van der Waals surface area contributed by atoms with Gasteiger partial charge in [0.05, 0.1) is 18.1 Å². The molecule has 4 atom stereocenters. The lowest BCUT2D eigenvalue weighted by Crippen LogP contribution is -2.50. The molecule has 2 aromatic rings. The molecular weight excluding hydrogens is 406 g/mol. The van der Waals surface area contributed by atoms with Crippen molar-refractivity contribution in [2.75, 3.05) is 18.1 Å². The lowest BCUT2D eigenvalue weighted by atomic mass is 10.1. The molecule has 0 radical (unpaired) electrons. The monoisotopic (exact) mass is 431 g/mol. The summed E-state index contributed by atoms with van der Waals surface area (Å²) in [5, 5.41) is 0. The summed E-state index contributed by atoms with van der Waals surface area (Å²) in [4.78, 5) is 15.0. The smallest absolute Gasteiger partial charge is 0.267 e. The number of benzene rings is 1. The highest BCUT2D eigenvalue weighted by Crippen LogP contribution is 2.47. The van der Waals surface area contributed by atoms with Crippen molar-refractivity contribution >= 4 is 15.7 Å². The van der Waals surface area contributed by atoms with Gasteiger partial charge in [0, 0.05) is 12.0 Å². The van der Waals surface area contributed by atoms with E-state index in [1.165, 1.54) is 0 Å². The molecule has 8 heteroatoms. The van der Waals surface area contributed by atoms with Crippen molar-refractivity contribution in [3.8, 4) is 11.5 Å². The Hall–Kier alpha value is -2.48. The van der Waals surface area contributed by atoms with Crippen LogP contribution in [0.2, 0.25) is 0 Å². The zero-order valence-electron chi connectivity index (χ0n) is 16.8. The Balaban J connectivity index is 1.37. The Morgan fingerprint density at radius 1 is 1.17 bits per heavy atom. The largest absolute Gasteiger partial charge is 0.485 e. The van der Waals surface area contributed by atoms with Crippen LogP contribution < -0.4 is 9.47 Å². The van der Waals surface area contributed by atoms with Gasteiger partial charge in [0.25, 0.3) is 5.91 Å². The molecule has 2 fully saturated rings. The summed E-state index contributed by atoms with van der Waals surface area (Å²) in [5.74, 6) is 3.58. The second-order valence-electron chi connectivity index (χ2n) is 8.51. The molecule has 1 saturated carbocycles. The summed E-state index contributed by atoms with van der Waals surface area (Å²) >= 11 is 0. The van der Waals surface area contributed by atoms with E-state index in [0.717, 1.165) is 12.2 Å². The number of nitrogens with zero attached hydrogens (tertiary/aromatic N) is 1. The molecule has 1 aliphatic carbocycles. The predicted molar refractivity (Wildman–Crippen MR) is 109 cm³/mol. The van der Waals surface area contributed by atoms with Crippen molar-refractivity contribution < 1.29 is 27.1 Å². The normalized spacial score (nSPS) is 28.8. The summed E-state index contributed by atoms with van der Waals surface area (Å²) in [5.41, 5.74) is 0. The maximum atomic E-state index is 13.4. The molecule has 0 bridgehead atoms. The molecule has 160 valence electrons. The number of sulfone groups is 1. The van der Waals surface area contributed by atoms with Gasteiger partial charge in [-0.05, 0) is 43.0 Å². The van der Waals surface area contributed by atoms with Crippen LogP contribution in [0.15, 0.2) is 40.8 Å². The molecule has 1 amide bonds. The summed E-state index contributed by atoms with van der Waals surface area (Å²) in [7, 11) is -3.15. The third-order valence-electron chi connectivity index (χ3n) is 6.20. The minimum atomic E-state index is -3.15. The lowest BCUT2D eigenvalue weighted by Gasteiger charge is -2.33. The number of hydrogen-bond acceptors (Lipinski definition) is 6. The summed E-state index contributed by atoms with van der Waals surface area (Å²) in [6.07, 6.45) is 0.718. The Morgan fingerprint density at radius 2 is 1.93 bits per heavy atom. The number of carbonyl (C=O) groups is 1. The maximum absolute atomic E-state index is 13.4. The molecule has 2 aliphatic heterocycles. The van der Waals surface area contributed by atoms with E-state index in [1.807, 2.05) is 24.3 Å². The highest BCUT2D eigenvalue weighted by Gasteiger charge is 2.40. The number of fused-ring (bicyclic) bond motifs is 1. The van der Waals surface area contributed by atoms with Crippen molar-refractivity contribution in [3.63, 3.8) is 0 Å². The van der Waals surface area contributed by atoms with Crippen LogP contribution in [0.5, 0.6) is 11.5 Å². The van der Waals surface area contributed by atoms with Gasteiger partial charge in [-0.15, -0.1) is 0 Å². The van der Waals surface area contributed by atoms with E-state index in [0.29, 0.717) is 35.5 Å². The molecule has 3 aliphatic rings. The van der Waals surface area contributed by atoms with Crippen LogP contribution in [0.3, 0.4) is 0 Å². The first-order valence-corrected chi connectivity index (χ1v) is 12.2. The molecule has 1 saturated heterocycles. The molecule has 30 heavy (non-hydrogen) atoms. The zero-order chi connectivity index (χ0) is 20.9. The van der Waals surface area contributed by atoms with Crippen LogP contribution in [0.4, 0.5) is 0 Å².